The lowest BCUT2D eigenvalue weighted by Gasteiger charge is -2.42. The molecule has 0 aliphatic carbocycles. The second-order valence-electron chi connectivity index (χ2n) is 14.5. The number of nitrogens with zero attached hydrogens (tertiary/aromatic N) is 3. The van der Waals surface area contributed by atoms with E-state index in [1.54, 1.807) is 0 Å². The zero-order chi connectivity index (χ0) is 37.1. The zero-order valence-electron chi connectivity index (χ0n) is 30.5. The summed E-state index contributed by atoms with van der Waals surface area (Å²) < 4.78 is 2.48. The first-order chi connectivity index (χ1) is 27.8. The summed E-state index contributed by atoms with van der Waals surface area (Å²) in [6.07, 6.45) is 0. The summed E-state index contributed by atoms with van der Waals surface area (Å²) in [5.74, 6) is 0.715. The Hall–Kier alpha value is -7.36. The number of benzene rings is 8. The van der Waals surface area contributed by atoms with Crippen molar-refractivity contribution >= 4 is 21.8 Å². The van der Waals surface area contributed by atoms with Crippen LogP contribution in [0.3, 0.4) is 0 Å². The van der Waals surface area contributed by atoms with Crippen LogP contribution in [-0.2, 0) is 5.41 Å². The Morgan fingerprint density at radius 2 is 0.893 bits per heavy atom. The quantitative estimate of drug-likeness (QED) is 0.172. The number of hydrogen-bond acceptors (Lipinski definition) is 2. The van der Waals surface area contributed by atoms with Crippen molar-refractivity contribution in [1.82, 2.24) is 14.5 Å². The fraction of sp³-hybridized carbons (Fsp3) is 0.0189. The van der Waals surface area contributed by atoms with Gasteiger partial charge in [0.05, 0.1) is 33.5 Å². The van der Waals surface area contributed by atoms with E-state index in [2.05, 4.69) is 193 Å². The molecule has 3 nitrogen and oxygen atoms in total. The van der Waals surface area contributed by atoms with Gasteiger partial charge < -0.3 is 4.57 Å². The molecular weight excluding hydrogens is 679 g/mol. The maximum absolute atomic E-state index is 5.08. The highest BCUT2D eigenvalue weighted by Gasteiger charge is 2.45. The van der Waals surface area contributed by atoms with E-state index in [0.29, 0.717) is 5.82 Å². The fourth-order valence-corrected chi connectivity index (χ4v) is 9.01. The van der Waals surface area contributed by atoms with E-state index >= 15 is 0 Å². The van der Waals surface area contributed by atoms with Crippen molar-refractivity contribution in [2.75, 3.05) is 0 Å². The minimum absolute atomic E-state index is 0.555. The molecule has 0 spiro atoms. The molecule has 1 unspecified atom stereocenters. The van der Waals surface area contributed by atoms with Crippen LogP contribution in [0.5, 0.6) is 0 Å². The molecule has 0 amide bonds. The maximum atomic E-state index is 5.08. The lowest BCUT2D eigenvalue weighted by atomic mass is 9.63. The average Bonchev–Trinajstić information content (AvgIpc) is 3.63. The van der Waals surface area contributed by atoms with E-state index in [4.69, 9.17) is 9.97 Å². The van der Waals surface area contributed by atoms with Crippen molar-refractivity contribution in [3.63, 3.8) is 0 Å². The Morgan fingerprint density at radius 3 is 1.66 bits per heavy atom. The lowest BCUT2D eigenvalue weighted by Crippen LogP contribution is -2.35. The summed E-state index contributed by atoms with van der Waals surface area (Å²) in [5, 5.41) is 2.54. The Morgan fingerprint density at radius 1 is 0.357 bits per heavy atom. The average molecular weight is 714 g/mol. The van der Waals surface area contributed by atoms with Crippen LogP contribution >= 0.6 is 0 Å². The normalized spacial score (nSPS) is 14.5. The minimum Gasteiger partial charge on any atom is -0.309 e. The predicted octanol–water partition coefficient (Wildman–Crippen LogP) is 12.9. The summed E-state index contributed by atoms with van der Waals surface area (Å²) in [4.78, 5) is 10.1. The summed E-state index contributed by atoms with van der Waals surface area (Å²) in [7, 11) is 0. The van der Waals surface area contributed by atoms with Gasteiger partial charge in [-0.2, -0.15) is 0 Å². The summed E-state index contributed by atoms with van der Waals surface area (Å²) >= 11 is 0. The maximum Gasteiger partial charge on any atom is 0.160 e. The van der Waals surface area contributed by atoms with E-state index in [-0.39, 0.29) is 0 Å². The smallest absolute Gasteiger partial charge is 0.160 e. The molecule has 1 aliphatic heterocycles. The molecule has 11 rings (SSSR count). The van der Waals surface area contributed by atoms with E-state index in [0.717, 1.165) is 39.2 Å². The molecule has 0 N–H and O–H groups in total. The second-order valence-corrected chi connectivity index (χ2v) is 14.5. The fourth-order valence-electron chi connectivity index (χ4n) is 9.01. The van der Waals surface area contributed by atoms with Gasteiger partial charge in [-0.05, 0) is 57.6 Å². The van der Waals surface area contributed by atoms with E-state index < -0.39 is 5.41 Å². The van der Waals surface area contributed by atoms with Crippen LogP contribution in [0.4, 0.5) is 0 Å². The van der Waals surface area contributed by atoms with Crippen molar-refractivity contribution in [2.45, 2.75) is 5.41 Å². The van der Waals surface area contributed by atoms with Gasteiger partial charge in [0.2, 0.25) is 0 Å². The van der Waals surface area contributed by atoms with Crippen LogP contribution in [-0.4, -0.2) is 14.5 Å². The highest BCUT2D eigenvalue weighted by Crippen LogP contribution is 2.54. The Kier molecular flexibility index (Phi) is 7.39. The highest BCUT2D eigenvalue weighted by atomic mass is 15.0. The number of rotatable bonds is 6. The highest BCUT2D eigenvalue weighted by molar-refractivity contribution is 6.12. The van der Waals surface area contributed by atoms with Crippen LogP contribution in [0, 0.1) is 0 Å². The number of hydrogen-bond donors (Lipinski definition) is 0. The van der Waals surface area contributed by atoms with Crippen LogP contribution in [0.1, 0.15) is 22.3 Å². The molecule has 0 saturated carbocycles. The van der Waals surface area contributed by atoms with E-state index in [1.807, 2.05) is 24.3 Å². The predicted molar refractivity (Wildman–Crippen MR) is 230 cm³/mol. The van der Waals surface area contributed by atoms with Crippen molar-refractivity contribution in [1.29, 1.82) is 0 Å². The van der Waals surface area contributed by atoms with Gasteiger partial charge in [0.1, 0.15) is 0 Å². The van der Waals surface area contributed by atoms with Crippen LogP contribution in [0.15, 0.2) is 212 Å². The second kappa shape index (κ2) is 12.9. The van der Waals surface area contributed by atoms with Crippen molar-refractivity contribution in [2.24, 2.45) is 0 Å². The molecule has 56 heavy (non-hydrogen) atoms. The van der Waals surface area contributed by atoms with Crippen molar-refractivity contribution < 1.29 is 0 Å². The Bertz CT molecular complexity index is 3000. The first-order valence-electron chi connectivity index (χ1n) is 19.2. The number of para-hydroxylation sites is 3. The Balaban J connectivity index is 1.08. The zero-order valence-corrected chi connectivity index (χ0v) is 30.5. The third-order valence-electron chi connectivity index (χ3n) is 11.5. The molecule has 0 saturated heterocycles. The standard InChI is InChI=1S/C53H35N3/c1-4-16-37(17-5-1)47-35-48(55-52(54-47)39-18-6-2-7-19-39)38-32-30-36(31-33-38)40-20-14-23-42(34-40)53(41-21-8-3-9-22-41)45-26-11-13-29-50(45)56-49-28-12-10-24-43(49)44-25-15-27-46(53)51(44)56/h1-35H. The molecule has 1 atom stereocenters. The summed E-state index contributed by atoms with van der Waals surface area (Å²) in [6.45, 7) is 0. The van der Waals surface area contributed by atoms with Crippen molar-refractivity contribution in [3.05, 3.63) is 235 Å². The van der Waals surface area contributed by atoms with Gasteiger partial charge >= 0.3 is 0 Å². The monoisotopic (exact) mass is 713 g/mol. The largest absolute Gasteiger partial charge is 0.309 e. The van der Waals surface area contributed by atoms with E-state index in [1.165, 1.54) is 49.7 Å². The summed E-state index contributed by atoms with van der Waals surface area (Å²) in [5.41, 5.74) is 15.4. The molecule has 8 aromatic carbocycles. The summed E-state index contributed by atoms with van der Waals surface area (Å²) in [6, 6.07) is 76.4. The van der Waals surface area contributed by atoms with Gasteiger partial charge in [0.15, 0.2) is 5.82 Å². The van der Waals surface area contributed by atoms with Gasteiger partial charge in [-0.25, -0.2) is 9.97 Å². The van der Waals surface area contributed by atoms with E-state index in [9.17, 15) is 0 Å². The molecule has 262 valence electrons. The third kappa shape index (κ3) is 4.91. The topological polar surface area (TPSA) is 30.7 Å². The van der Waals surface area contributed by atoms with Gasteiger partial charge in [0, 0.05) is 27.5 Å². The van der Waals surface area contributed by atoms with Crippen LogP contribution in [0.2, 0.25) is 0 Å². The molecule has 1 aliphatic rings. The molecule has 0 fully saturated rings. The molecule has 0 radical (unpaired) electrons. The molecule has 10 aromatic rings. The SMILES string of the molecule is c1ccc(-c2cc(-c3ccc(-c4cccc(C5(c6ccccc6)c6ccccc6-n6c7ccccc7c7cccc5c76)c4)cc3)nc(-c3ccccc3)n2)cc1. The molecule has 3 heteroatoms. The van der Waals surface area contributed by atoms with Gasteiger partial charge in [-0.15, -0.1) is 0 Å². The molecule has 3 heterocycles. The number of fused-ring (bicyclic) bond motifs is 5. The van der Waals surface area contributed by atoms with Crippen molar-refractivity contribution in [3.8, 4) is 50.7 Å². The first kappa shape index (κ1) is 32.1. The Labute approximate surface area is 325 Å². The van der Waals surface area contributed by atoms with Gasteiger partial charge in [-0.1, -0.05) is 188 Å². The van der Waals surface area contributed by atoms with Gasteiger partial charge in [-0.3, -0.25) is 0 Å². The number of aromatic nitrogens is 3. The molecule has 0 bridgehead atoms. The first-order valence-corrected chi connectivity index (χ1v) is 19.2. The van der Waals surface area contributed by atoms with Gasteiger partial charge in [0.25, 0.3) is 0 Å². The third-order valence-corrected chi connectivity index (χ3v) is 11.5. The lowest BCUT2D eigenvalue weighted by molar-refractivity contribution is 0.728. The molecule has 2 aromatic heterocycles. The minimum atomic E-state index is -0.555. The van der Waals surface area contributed by atoms with Crippen LogP contribution < -0.4 is 0 Å². The van der Waals surface area contributed by atoms with Crippen LogP contribution in [0.25, 0.3) is 72.5 Å². The molecular formula is C53H35N3.